The van der Waals surface area contributed by atoms with Gasteiger partial charge in [-0.1, -0.05) is 119 Å². The van der Waals surface area contributed by atoms with E-state index in [4.69, 9.17) is 0 Å². The van der Waals surface area contributed by atoms with Crippen molar-refractivity contribution in [3.05, 3.63) is 46.5 Å². The lowest BCUT2D eigenvalue weighted by Crippen LogP contribution is -2.17. The van der Waals surface area contributed by atoms with Crippen LogP contribution in [0.1, 0.15) is 142 Å². The number of phenolic OH excluding ortho intramolecular Hbond substituents is 2. The molecule has 202 valence electrons. The fraction of sp³-hybridized carbons (Fsp3) is 0.647. The quantitative estimate of drug-likeness (QED) is 0.272. The summed E-state index contributed by atoms with van der Waals surface area (Å²) < 4.78 is 0. The molecule has 0 atom stereocenters. The fourth-order valence-corrected chi connectivity index (χ4v) is 5.23. The number of aryl methyl sites for hydroxylation is 2. The van der Waals surface area contributed by atoms with Crippen molar-refractivity contribution in [3.63, 3.8) is 0 Å². The van der Waals surface area contributed by atoms with E-state index in [9.17, 15) is 10.2 Å². The summed E-state index contributed by atoms with van der Waals surface area (Å²) in [5.74, 6) is 0.582. The van der Waals surface area contributed by atoms with Gasteiger partial charge in [0, 0.05) is 11.1 Å². The second-order valence-electron chi connectivity index (χ2n) is 12.9. The maximum atomic E-state index is 11.4. The lowest BCUT2D eigenvalue weighted by molar-refractivity contribution is 0.462. The molecule has 36 heavy (non-hydrogen) atoms. The second kappa shape index (κ2) is 13.5. The summed E-state index contributed by atoms with van der Waals surface area (Å²) in [6.07, 6.45) is 14.4. The van der Waals surface area contributed by atoms with Gasteiger partial charge in [-0.3, -0.25) is 0 Å². The normalized spacial score (nSPS) is 12.3. The highest BCUT2D eigenvalue weighted by atomic mass is 16.3. The zero-order valence-corrected chi connectivity index (χ0v) is 24.7. The Morgan fingerprint density at radius 1 is 0.500 bits per heavy atom. The molecule has 0 radical (unpaired) electrons. The lowest BCUT2D eigenvalue weighted by atomic mass is 9.75. The summed E-state index contributed by atoms with van der Waals surface area (Å²) in [5.41, 5.74) is 5.88. The van der Waals surface area contributed by atoms with Crippen molar-refractivity contribution in [2.24, 2.45) is 0 Å². The van der Waals surface area contributed by atoms with E-state index in [2.05, 4.69) is 67.5 Å². The van der Waals surface area contributed by atoms with Crippen molar-refractivity contribution in [2.75, 3.05) is 0 Å². The van der Waals surface area contributed by atoms with Crippen LogP contribution in [0.25, 0.3) is 11.1 Å². The molecule has 0 saturated heterocycles. The Hall–Kier alpha value is -1.96. The Morgan fingerprint density at radius 2 is 0.833 bits per heavy atom. The van der Waals surface area contributed by atoms with Gasteiger partial charge >= 0.3 is 0 Å². The molecule has 0 fully saturated rings. The maximum absolute atomic E-state index is 11.4. The summed E-state index contributed by atoms with van der Waals surface area (Å²) in [6.45, 7) is 17.7. The zero-order chi connectivity index (χ0) is 26.9. The number of rotatable bonds is 13. The number of unbranched alkanes of at least 4 members (excludes halogenated alkanes) is 8. The third-order valence-corrected chi connectivity index (χ3v) is 7.36. The van der Waals surface area contributed by atoms with Crippen LogP contribution >= 0.6 is 0 Å². The van der Waals surface area contributed by atoms with Crippen LogP contribution < -0.4 is 0 Å². The monoisotopic (exact) mass is 494 g/mol. The Kier molecular flexibility index (Phi) is 11.4. The summed E-state index contributed by atoms with van der Waals surface area (Å²) >= 11 is 0. The third-order valence-electron chi connectivity index (χ3n) is 7.36. The van der Waals surface area contributed by atoms with Gasteiger partial charge in [-0.15, -0.1) is 0 Å². The minimum Gasteiger partial charge on any atom is -0.507 e. The number of hydrogen-bond donors (Lipinski definition) is 2. The summed E-state index contributed by atoms with van der Waals surface area (Å²) in [7, 11) is 0. The maximum Gasteiger partial charge on any atom is 0.124 e. The Labute approximate surface area is 222 Å². The Bertz CT molecular complexity index is 877. The van der Waals surface area contributed by atoms with Crippen LogP contribution in [0.4, 0.5) is 0 Å². The van der Waals surface area contributed by atoms with Gasteiger partial charge in [-0.05, 0) is 70.9 Å². The van der Waals surface area contributed by atoms with E-state index in [0.717, 1.165) is 47.9 Å². The zero-order valence-electron chi connectivity index (χ0n) is 24.7. The molecule has 2 nitrogen and oxygen atoms in total. The molecule has 2 aromatic rings. The first-order valence-corrected chi connectivity index (χ1v) is 14.6. The van der Waals surface area contributed by atoms with Crippen LogP contribution in [-0.4, -0.2) is 10.2 Å². The van der Waals surface area contributed by atoms with Crippen LogP contribution in [0.15, 0.2) is 24.3 Å². The van der Waals surface area contributed by atoms with Crippen molar-refractivity contribution in [2.45, 2.75) is 143 Å². The van der Waals surface area contributed by atoms with Gasteiger partial charge < -0.3 is 10.2 Å². The van der Waals surface area contributed by atoms with Gasteiger partial charge in [-0.2, -0.15) is 0 Å². The number of benzene rings is 2. The molecule has 2 heteroatoms. The summed E-state index contributed by atoms with van der Waals surface area (Å²) in [5, 5.41) is 22.9. The minimum atomic E-state index is -0.162. The molecule has 0 spiro atoms. The lowest BCUT2D eigenvalue weighted by Gasteiger charge is -2.30. The highest BCUT2D eigenvalue weighted by molar-refractivity contribution is 5.83. The van der Waals surface area contributed by atoms with Gasteiger partial charge in [0.2, 0.25) is 0 Å². The molecule has 0 amide bonds. The summed E-state index contributed by atoms with van der Waals surface area (Å²) in [4.78, 5) is 0. The van der Waals surface area contributed by atoms with Gasteiger partial charge in [0.25, 0.3) is 0 Å². The fourth-order valence-electron chi connectivity index (χ4n) is 5.23. The van der Waals surface area contributed by atoms with E-state index < -0.39 is 0 Å². The molecule has 2 aromatic carbocycles. The first-order chi connectivity index (χ1) is 16.9. The van der Waals surface area contributed by atoms with Gasteiger partial charge in [0.15, 0.2) is 0 Å². The van der Waals surface area contributed by atoms with Gasteiger partial charge in [0.1, 0.15) is 11.5 Å². The van der Waals surface area contributed by atoms with E-state index in [0.29, 0.717) is 11.5 Å². The largest absolute Gasteiger partial charge is 0.507 e. The SMILES string of the molecule is CCCCCCCc1cc(O)c(-c2c(O)cc(CCCCCCC)cc2C(C)(C)C)c(C(C)(C)C)c1. The number of aromatic hydroxyl groups is 2. The van der Waals surface area contributed by atoms with Gasteiger partial charge in [0.05, 0.1) is 0 Å². The molecule has 0 aliphatic heterocycles. The van der Waals surface area contributed by atoms with Crippen molar-refractivity contribution >= 4 is 0 Å². The van der Waals surface area contributed by atoms with Crippen LogP contribution in [0, 0.1) is 0 Å². The Balaban J connectivity index is 2.51. The van der Waals surface area contributed by atoms with E-state index in [1.54, 1.807) is 0 Å². The average Bonchev–Trinajstić information content (AvgIpc) is 2.77. The van der Waals surface area contributed by atoms with E-state index in [1.807, 2.05) is 12.1 Å². The molecule has 2 rings (SSSR count). The van der Waals surface area contributed by atoms with Crippen molar-refractivity contribution < 1.29 is 10.2 Å². The highest BCUT2D eigenvalue weighted by Gasteiger charge is 2.29. The smallest absolute Gasteiger partial charge is 0.124 e. The molecular weight excluding hydrogens is 440 g/mol. The molecule has 0 saturated carbocycles. The predicted molar refractivity (Wildman–Crippen MR) is 158 cm³/mol. The molecule has 0 unspecified atom stereocenters. The average molecular weight is 495 g/mol. The molecule has 0 aliphatic rings. The Morgan fingerprint density at radius 3 is 1.14 bits per heavy atom. The van der Waals surface area contributed by atoms with Crippen molar-refractivity contribution in [1.29, 1.82) is 0 Å². The van der Waals surface area contributed by atoms with Crippen LogP contribution in [0.2, 0.25) is 0 Å². The second-order valence-corrected chi connectivity index (χ2v) is 12.9. The van der Waals surface area contributed by atoms with Crippen LogP contribution in [0.5, 0.6) is 11.5 Å². The van der Waals surface area contributed by atoms with Gasteiger partial charge in [-0.25, -0.2) is 0 Å². The topological polar surface area (TPSA) is 40.5 Å². The first kappa shape index (κ1) is 30.3. The minimum absolute atomic E-state index is 0.162. The standard InChI is InChI=1S/C34H54O2/c1-9-11-13-15-17-19-25-21-27(33(3,4)5)31(29(35)23-25)32-28(34(6,7)8)22-26(24-30(32)36)20-18-16-14-12-10-2/h21-24,35-36H,9-20H2,1-8H3. The van der Waals surface area contributed by atoms with E-state index in [1.165, 1.54) is 62.5 Å². The predicted octanol–water partition coefficient (Wildman–Crippen LogP) is 10.4. The van der Waals surface area contributed by atoms with E-state index >= 15 is 0 Å². The molecular formula is C34H54O2. The first-order valence-electron chi connectivity index (χ1n) is 14.6. The molecule has 0 aromatic heterocycles. The third kappa shape index (κ3) is 8.56. The van der Waals surface area contributed by atoms with Crippen molar-refractivity contribution in [3.8, 4) is 22.6 Å². The number of hydrogen-bond acceptors (Lipinski definition) is 2. The molecule has 0 bridgehead atoms. The number of phenols is 2. The summed E-state index contributed by atoms with van der Waals surface area (Å²) in [6, 6.07) is 8.45. The molecule has 0 aliphatic carbocycles. The highest BCUT2D eigenvalue weighted by Crippen LogP contribution is 2.48. The van der Waals surface area contributed by atoms with Crippen LogP contribution in [0.3, 0.4) is 0 Å². The molecule has 2 N–H and O–H groups in total. The van der Waals surface area contributed by atoms with Crippen LogP contribution in [-0.2, 0) is 23.7 Å². The van der Waals surface area contributed by atoms with Crippen molar-refractivity contribution in [1.82, 2.24) is 0 Å². The van der Waals surface area contributed by atoms with E-state index in [-0.39, 0.29) is 10.8 Å². The molecule has 0 heterocycles.